The van der Waals surface area contributed by atoms with Gasteiger partial charge in [0.15, 0.2) is 0 Å². The summed E-state index contributed by atoms with van der Waals surface area (Å²) in [6.45, 7) is 0. The van der Waals surface area contributed by atoms with E-state index in [-0.39, 0.29) is 5.25 Å². The molecule has 104 valence electrons. The molecule has 20 heavy (non-hydrogen) atoms. The van der Waals surface area contributed by atoms with Gasteiger partial charge in [-0.05, 0) is 40.9 Å². The molecular weight excluding hydrogens is 340 g/mol. The molecule has 1 heterocycles. The zero-order valence-corrected chi connectivity index (χ0v) is 13.1. The van der Waals surface area contributed by atoms with Crippen molar-refractivity contribution in [1.29, 1.82) is 0 Å². The average molecular weight is 353 g/mol. The van der Waals surface area contributed by atoms with E-state index in [0.29, 0.717) is 23.3 Å². The first-order valence-electron chi connectivity index (χ1n) is 6.52. The molecule has 0 radical (unpaired) electrons. The summed E-state index contributed by atoms with van der Waals surface area (Å²) in [5.41, 5.74) is 0.863. The van der Waals surface area contributed by atoms with Gasteiger partial charge in [0.1, 0.15) is 5.78 Å². The lowest BCUT2D eigenvalue weighted by Crippen LogP contribution is -2.21. The fraction of sp³-hybridized carbons (Fsp3) is 0.357. The topological polar surface area (TPSA) is 56.0 Å². The predicted octanol–water partition coefficient (Wildman–Crippen LogP) is 4.10. The molecular formula is C14H13BrN2O2S. The minimum absolute atomic E-state index is 0.0312. The van der Waals surface area contributed by atoms with Gasteiger partial charge in [0.25, 0.3) is 5.22 Å². The average Bonchev–Trinajstić information content (AvgIpc) is 2.90. The summed E-state index contributed by atoms with van der Waals surface area (Å²) >= 11 is 4.85. The molecule has 0 bridgehead atoms. The number of hydrogen-bond donors (Lipinski definition) is 0. The Hall–Kier alpha value is -1.14. The van der Waals surface area contributed by atoms with Gasteiger partial charge in [-0.1, -0.05) is 30.3 Å². The van der Waals surface area contributed by atoms with Crippen molar-refractivity contribution in [2.45, 2.75) is 36.2 Å². The highest BCUT2D eigenvalue weighted by Gasteiger charge is 2.25. The molecule has 0 amide bonds. The van der Waals surface area contributed by atoms with Gasteiger partial charge >= 0.3 is 0 Å². The fourth-order valence-electron chi connectivity index (χ4n) is 2.20. The number of aromatic nitrogens is 2. The number of nitrogens with zero attached hydrogens (tertiary/aromatic N) is 2. The second kappa shape index (κ2) is 6.10. The first-order chi connectivity index (χ1) is 9.74. The van der Waals surface area contributed by atoms with Gasteiger partial charge in [0, 0.05) is 10.9 Å². The SMILES string of the molecule is O=C1CCCC[C@H]1Sc1nnc(-c2ccccc2Br)o1. The normalized spacial score (nSPS) is 19.2. The van der Waals surface area contributed by atoms with Gasteiger partial charge in [-0.15, -0.1) is 10.2 Å². The Balaban J connectivity index is 1.77. The molecule has 3 rings (SSSR count). The molecule has 0 aliphatic heterocycles. The van der Waals surface area contributed by atoms with Gasteiger partial charge in [0.05, 0.1) is 10.8 Å². The van der Waals surface area contributed by atoms with Crippen LogP contribution in [0.25, 0.3) is 11.5 Å². The van der Waals surface area contributed by atoms with Crippen LogP contribution in [0.15, 0.2) is 38.4 Å². The molecule has 1 atom stereocenters. The van der Waals surface area contributed by atoms with Crippen molar-refractivity contribution in [2.24, 2.45) is 0 Å². The maximum absolute atomic E-state index is 11.8. The van der Waals surface area contributed by atoms with Crippen molar-refractivity contribution >= 4 is 33.5 Å². The summed E-state index contributed by atoms with van der Waals surface area (Å²) in [5.74, 6) is 0.769. The number of ketones is 1. The van der Waals surface area contributed by atoms with Crippen LogP contribution in [0.2, 0.25) is 0 Å². The van der Waals surface area contributed by atoms with Crippen molar-refractivity contribution < 1.29 is 9.21 Å². The Morgan fingerprint density at radius 3 is 2.90 bits per heavy atom. The molecule has 1 fully saturated rings. The van der Waals surface area contributed by atoms with E-state index in [2.05, 4.69) is 26.1 Å². The van der Waals surface area contributed by atoms with Crippen molar-refractivity contribution in [1.82, 2.24) is 10.2 Å². The molecule has 0 spiro atoms. The number of thioether (sulfide) groups is 1. The highest BCUT2D eigenvalue weighted by Crippen LogP contribution is 2.33. The van der Waals surface area contributed by atoms with Crippen LogP contribution >= 0.6 is 27.7 Å². The molecule has 1 saturated carbocycles. The van der Waals surface area contributed by atoms with E-state index in [1.54, 1.807) is 0 Å². The lowest BCUT2D eigenvalue weighted by Gasteiger charge is -2.17. The quantitative estimate of drug-likeness (QED) is 0.831. The van der Waals surface area contributed by atoms with Crippen LogP contribution < -0.4 is 0 Å². The van der Waals surface area contributed by atoms with Crippen LogP contribution in [-0.4, -0.2) is 21.2 Å². The summed E-state index contributed by atoms with van der Waals surface area (Å²) < 4.78 is 6.57. The van der Waals surface area contributed by atoms with Gasteiger partial charge in [-0.25, -0.2) is 0 Å². The van der Waals surface area contributed by atoms with Gasteiger partial charge < -0.3 is 4.42 Å². The van der Waals surface area contributed by atoms with E-state index < -0.39 is 0 Å². The largest absolute Gasteiger partial charge is 0.411 e. The number of Topliss-reactive ketones (excluding diaryl/α,β-unsaturated/α-hetero) is 1. The van der Waals surface area contributed by atoms with Crippen molar-refractivity contribution in [3.05, 3.63) is 28.7 Å². The Bertz CT molecular complexity index is 629. The summed E-state index contributed by atoms with van der Waals surface area (Å²) in [4.78, 5) is 11.8. The number of hydrogen-bond acceptors (Lipinski definition) is 5. The highest BCUT2D eigenvalue weighted by molar-refractivity contribution is 9.10. The molecule has 4 nitrogen and oxygen atoms in total. The summed E-state index contributed by atoms with van der Waals surface area (Å²) in [7, 11) is 0. The minimum Gasteiger partial charge on any atom is -0.411 e. The van der Waals surface area contributed by atoms with Crippen LogP contribution in [0, 0.1) is 0 Å². The molecule has 6 heteroatoms. The molecule has 0 unspecified atom stereocenters. The third-order valence-electron chi connectivity index (χ3n) is 3.25. The standard InChI is InChI=1S/C14H13BrN2O2S/c15-10-6-2-1-5-9(10)13-16-17-14(19-13)20-12-8-4-3-7-11(12)18/h1-2,5-6,12H,3-4,7-8H2/t12-/m1/s1. The molecule has 1 aromatic carbocycles. The van der Waals surface area contributed by atoms with Crippen molar-refractivity contribution in [2.75, 3.05) is 0 Å². The Kier molecular flexibility index (Phi) is 4.21. The Morgan fingerprint density at radius 1 is 1.25 bits per heavy atom. The number of halogens is 1. The smallest absolute Gasteiger partial charge is 0.277 e. The molecule has 1 aliphatic carbocycles. The van der Waals surface area contributed by atoms with E-state index >= 15 is 0 Å². The van der Waals surface area contributed by atoms with Crippen molar-refractivity contribution in [3.8, 4) is 11.5 Å². The zero-order valence-electron chi connectivity index (χ0n) is 10.7. The lowest BCUT2D eigenvalue weighted by atomic mass is 9.99. The Morgan fingerprint density at radius 2 is 2.10 bits per heavy atom. The number of carbonyl (C=O) groups is 1. The van der Waals surface area contributed by atoms with E-state index in [4.69, 9.17) is 4.42 Å². The fourth-order valence-corrected chi connectivity index (χ4v) is 3.64. The molecule has 2 aromatic rings. The number of carbonyl (C=O) groups excluding carboxylic acids is 1. The van der Waals surface area contributed by atoms with Crippen molar-refractivity contribution in [3.63, 3.8) is 0 Å². The van der Waals surface area contributed by atoms with Crippen LogP contribution in [0.4, 0.5) is 0 Å². The lowest BCUT2D eigenvalue weighted by molar-refractivity contribution is -0.119. The third-order valence-corrected chi connectivity index (χ3v) is 5.09. The van der Waals surface area contributed by atoms with Crippen LogP contribution in [0.5, 0.6) is 0 Å². The summed E-state index contributed by atoms with van der Waals surface area (Å²) in [5, 5.41) is 8.53. The van der Waals surface area contributed by atoms with E-state index in [1.165, 1.54) is 11.8 Å². The predicted molar refractivity (Wildman–Crippen MR) is 80.6 cm³/mol. The summed E-state index contributed by atoms with van der Waals surface area (Å²) in [6.07, 6.45) is 3.66. The monoisotopic (exact) mass is 352 g/mol. The van der Waals surface area contributed by atoms with Crippen LogP contribution in [0.3, 0.4) is 0 Å². The molecule has 0 N–H and O–H groups in total. The molecule has 1 aromatic heterocycles. The number of rotatable bonds is 3. The second-order valence-corrected chi connectivity index (χ2v) is 6.68. The van der Waals surface area contributed by atoms with Crippen LogP contribution in [-0.2, 0) is 4.79 Å². The Labute approximate surface area is 129 Å². The zero-order chi connectivity index (χ0) is 13.9. The third kappa shape index (κ3) is 2.96. The van der Waals surface area contributed by atoms with E-state index in [9.17, 15) is 4.79 Å². The second-order valence-electron chi connectivity index (χ2n) is 4.67. The highest BCUT2D eigenvalue weighted by atomic mass is 79.9. The van der Waals surface area contributed by atoms with Gasteiger partial charge in [-0.2, -0.15) is 0 Å². The minimum atomic E-state index is -0.0312. The van der Waals surface area contributed by atoms with E-state index in [1.807, 2.05) is 24.3 Å². The van der Waals surface area contributed by atoms with E-state index in [0.717, 1.165) is 29.3 Å². The first kappa shape index (κ1) is 13.8. The van der Waals surface area contributed by atoms with Crippen LogP contribution in [0.1, 0.15) is 25.7 Å². The molecule has 0 saturated heterocycles. The van der Waals surface area contributed by atoms with Gasteiger partial charge in [0.2, 0.25) is 5.89 Å². The van der Waals surface area contributed by atoms with Gasteiger partial charge in [-0.3, -0.25) is 4.79 Å². The molecule has 1 aliphatic rings. The maximum atomic E-state index is 11.8. The first-order valence-corrected chi connectivity index (χ1v) is 8.19. The summed E-state index contributed by atoms with van der Waals surface area (Å²) in [6, 6.07) is 7.69. The number of benzene rings is 1. The maximum Gasteiger partial charge on any atom is 0.277 e.